The predicted octanol–water partition coefficient (Wildman–Crippen LogP) is 3.82. The number of aryl methyl sites for hydroxylation is 1. The number of hydrogen-bond donors (Lipinski definition) is 1. The Morgan fingerprint density at radius 2 is 1.79 bits per heavy atom. The summed E-state index contributed by atoms with van der Waals surface area (Å²) in [6.07, 6.45) is 0. The van der Waals surface area contributed by atoms with Crippen LogP contribution < -0.4 is 19.5 Å². The van der Waals surface area contributed by atoms with Gasteiger partial charge in [-0.15, -0.1) is 0 Å². The van der Waals surface area contributed by atoms with Gasteiger partial charge in [0, 0.05) is 0 Å². The number of halogens is 2. The van der Waals surface area contributed by atoms with Crippen molar-refractivity contribution in [2.75, 3.05) is 26.1 Å². The first-order valence-corrected chi connectivity index (χ1v) is 7.42. The molecule has 0 heterocycles. The van der Waals surface area contributed by atoms with Gasteiger partial charge in [0.15, 0.2) is 18.1 Å². The van der Waals surface area contributed by atoms with Gasteiger partial charge in [-0.05, 0) is 42.8 Å². The van der Waals surface area contributed by atoms with E-state index in [-0.39, 0.29) is 11.6 Å². The first kappa shape index (κ1) is 17.9. The number of anilines is 1. The third-order valence-electron chi connectivity index (χ3n) is 3.16. The summed E-state index contributed by atoms with van der Waals surface area (Å²) in [5.41, 5.74) is 1.23. The van der Waals surface area contributed by atoms with Crippen LogP contribution in [0.25, 0.3) is 0 Å². The van der Waals surface area contributed by atoms with Crippen LogP contribution in [0, 0.1) is 12.7 Å². The number of benzene rings is 2. The van der Waals surface area contributed by atoms with Crippen LogP contribution in [0.3, 0.4) is 0 Å². The van der Waals surface area contributed by atoms with E-state index in [4.69, 9.17) is 25.8 Å². The van der Waals surface area contributed by atoms with Crippen LogP contribution in [0.1, 0.15) is 5.56 Å². The van der Waals surface area contributed by atoms with Crippen molar-refractivity contribution in [3.8, 4) is 17.2 Å². The van der Waals surface area contributed by atoms with E-state index >= 15 is 0 Å². The van der Waals surface area contributed by atoms with E-state index in [1.54, 1.807) is 12.1 Å². The number of carbonyl (C=O) groups excluding carboxylic acids is 1. The Balaban J connectivity index is 2.09. The van der Waals surface area contributed by atoms with E-state index < -0.39 is 11.7 Å². The molecular formula is C17H17ClFNO4. The maximum absolute atomic E-state index is 13.0. The molecular weight excluding hydrogens is 337 g/mol. The molecule has 0 spiro atoms. The molecule has 7 heteroatoms. The van der Waals surface area contributed by atoms with Crippen LogP contribution in [-0.4, -0.2) is 26.7 Å². The van der Waals surface area contributed by atoms with Crippen molar-refractivity contribution in [1.29, 1.82) is 0 Å². The highest BCUT2D eigenvalue weighted by Gasteiger charge is 2.15. The van der Waals surface area contributed by atoms with E-state index in [1.807, 2.05) is 6.92 Å². The summed E-state index contributed by atoms with van der Waals surface area (Å²) >= 11 is 5.87. The fraction of sp³-hybridized carbons (Fsp3) is 0.235. The van der Waals surface area contributed by atoms with Crippen LogP contribution in [0.4, 0.5) is 10.1 Å². The zero-order valence-electron chi connectivity index (χ0n) is 13.5. The van der Waals surface area contributed by atoms with Crippen LogP contribution in [0.15, 0.2) is 30.3 Å². The molecule has 0 bridgehead atoms. The van der Waals surface area contributed by atoms with Crippen molar-refractivity contribution in [3.63, 3.8) is 0 Å². The second-order valence-electron chi connectivity index (χ2n) is 4.96. The molecule has 0 aromatic heterocycles. The first-order valence-electron chi connectivity index (χ1n) is 7.05. The molecule has 0 saturated heterocycles. The molecule has 0 radical (unpaired) electrons. The molecule has 0 fully saturated rings. The van der Waals surface area contributed by atoms with Crippen LogP contribution in [-0.2, 0) is 4.79 Å². The summed E-state index contributed by atoms with van der Waals surface area (Å²) in [6, 6.07) is 7.24. The molecule has 0 unspecified atom stereocenters. The summed E-state index contributed by atoms with van der Waals surface area (Å²) < 4.78 is 29.0. The van der Waals surface area contributed by atoms with Gasteiger partial charge < -0.3 is 19.5 Å². The Morgan fingerprint density at radius 1 is 1.17 bits per heavy atom. The van der Waals surface area contributed by atoms with Crippen molar-refractivity contribution < 1.29 is 23.4 Å². The molecule has 1 amide bonds. The zero-order valence-corrected chi connectivity index (χ0v) is 14.2. The van der Waals surface area contributed by atoms with Crippen LogP contribution in [0.5, 0.6) is 17.2 Å². The maximum Gasteiger partial charge on any atom is 0.262 e. The summed E-state index contributed by atoms with van der Waals surface area (Å²) in [6.45, 7) is 1.60. The second kappa shape index (κ2) is 7.88. The van der Waals surface area contributed by atoms with Crippen molar-refractivity contribution in [3.05, 3.63) is 46.7 Å². The van der Waals surface area contributed by atoms with E-state index in [2.05, 4.69) is 5.32 Å². The lowest BCUT2D eigenvalue weighted by Gasteiger charge is -2.15. The molecule has 0 atom stereocenters. The van der Waals surface area contributed by atoms with Gasteiger partial charge in [0.2, 0.25) is 5.75 Å². The van der Waals surface area contributed by atoms with Crippen molar-refractivity contribution in [1.82, 2.24) is 0 Å². The Kier molecular flexibility index (Phi) is 5.87. The van der Waals surface area contributed by atoms with E-state index in [9.17, 15) is 9.18 Å². The summed E-state index contributed by atoms with van der Waals surface area (Å²) in [4.78, 5) is 12.0. The average molecular weight is 354 g/mol. The smallest absolute Gasteiger partial charge is 0.262 e. The van der Waals surface area contributed by atoms with E-state index in [1.165, 1.54) is 26.4 Å². The van der Waals surface area contributed by atoms with Gasteiger partial charge in [-0.3, -0.25) is 4.79 Å². The molecule has 0 aliphatic rings. The SMILES string of the molecule is COc1cc(C)cc(OC)c1OCC(=O)Nc1ccc(F)cc1Cl. The number of methoxy groups -OCH3 is 2. The lowest BCUT2D eigenvalue weighted by molar-refractivity contribution is -0.118. The minimum Gasteiger partial charge on any atom is -0.493 e. The number of nitrogens with one attached hydrogen (secondary N) is 1. The number of carbonyl (C=O) groups is 1. The second-order valence-corrected chi connectivity index (χ2v) is 5.37. The lowest BCUT2D eigenvalue weighted by Crippen LogP contribution is -2.20. The van der Waals surface area contributed by atoms with Gasteiger partial charge in [0.1, 0.15) is 5.82 Å². The van der Waals surface area contributed by atoms with Crippen molar-refractivity contribution in [2.24, 2.45) is 0 Å². The van der Waals surface area contributed by atoms with Gasteiger partial charge in [0.05, 0.1) is 24.9 Å². The minimum absolute atomic E-state index is 0.105. The highest BCUT2D eigenvalue weighted by molar-refractivity contribution is 6.33. The zero-order chi connectivity index (χ0) is 17.7. The molecule has 2 aromatic carbocycles. The largest absolute Gasteiger partial charge is 0.493 e. The highest BCUT2D eigenvalue weighted by Crippen LogP contribution is 2.38. The van der Waals surface area contributed by atoms with E-state index in [0.717, 1.165) is 11.6 Å². The monoisotopic (exact) mass is 353 g/mol. The number of hydrogen-bond acceptors (Lipinski definition) is 4. The lowest BCUT2D eigenvalue weighted by atomic mass is 10.2. The van der Waals surface area contributed by atoms with Gasteiger partial charge in [-0.1, -0.05) is 11.6 Å². The molecule has 0 aliphatic heterocycles. The molecule has 24 heavy (non-hydrogen) atoms. The Bertz CT molecular complexity index is 726. The molecule has 128 valence electrons. The Morgan fingerprint density at radius 3 is 2.33 bits per heavy atom. The van der Waals surface area contributed by atoms with Crippen molar-refractivity contribution >= 4 is 23.2 Å². The topological polar surface area (TPSA) is 56.8 Å². The minimum atomic E-state index is -0.483. The normalized spacial score (nSPS) is 10.2. The van der Waals surface area contributed by atoms with Gasteiger partial charge in [-0.2, -0.15) is 0 Å². The summed E-state index contributed by atoms with van der Waals surface area (Å²) in [7, 11) is 3.00. The molecule has 0 aliphatic carbocycles. The number of rotatable bonds is 6. The van der Waals surface area contributed by atoms with Crippen LogP contribution in [0.2, 0.25) is 5.02 Å². The Labute approximate surface area is 144 Å². The van der Waals surface area contributed by atoms with E-state index in [0.29, 0.717) is 22.9 Å². The fourth-order valence-corrected chi connectivity index (χ4v) is 2.28. The number of amides is 1. The van der Waals surface area contributed by atoms with Crippen molar-refractivity contribution in [2.45, 2.75) is 6.92 Å². The molecule has 2 rings (SSSR count). The standard InChI is InChI=1S/C17H17ClFNO4/c1-10-6-14(22-2)17(15(7-10)23-3)24-9-16(21)20-13-5-4-11(19)8-12(13)18/h4-8H,9H2,1-3H3,(H,20,21). The molecule has 1 N–H and O–H groups in total. The third kappa shape index (κ3) is 4.29. The molecule has 0 saturated carbocycles. The maximum atomic E-state index is 13.0. The highest BCUT2D eigenvalue weighted by atomic mass is 35.5. The molecule has 5 nitrogen and oxygen atoms in total. The quantitative estimate of drug-likeness (QED) is 0.857. The third-order valence-corrected chi connectivity index (χ3v) is 3.47. The summed E-state index contributed by atoms with van der Waals surface area (Å²) in [5.74, 6) is 0.307. The number of ether oxygens (including phenoxy) is 3. The summed E-state index contributed by atoms with van der Waals surface area (Å²) in [5, 5.41) is 2.66. The van der Waals surface area contributed by atoms with Crippen LogP contribution >= 0.6 is 11.6 Å². The average Bonchev–Trinajstić information content (AvgIpc) is 2.55. The molecule has 2 aromatic rings. The van der Waals surface area contributed by atoms with Gasteiger partial charge in [0.25, 0.3) is 5.91 Å². The predicted molar refractivity (Wildman–Crippen MR) is 89.8 cm³/mol. The Hall–Kier alpha value is -2.47. The van der Waals surface area contributed by atoms with Gasteiger partial charge >= 0.3 is 0 Å². The fourth-order valence-electron chi connectivity index (χ4n) is 2.07. The first-order chi connectivity index (χ1) is 11.4. The van der Waals surface area contributed by atoms with Gasteiger partial charge in [-0.25, -0.2) is 4.39 Å².